The van der Waals surface area contributed by atoms with E-state index in [0.29, 0.717) is 4.88 Å². The van der Waals surface area contributed by atoms with Gasteiger partial charge in [-0.3, -0.25) is 9.59 Å². The fourth-order valence-electron chi connectivity index (χ4n) is 1.04. The van der Waals surface area contributed by atoms with E-state index in [-0.39, 0.29) is 18.4 Å². The zero-order valence-corrected chi connectivity index (χ0v) is 10.4. The first kappa shape index (κ1) is 12.2. The summed E-state index contributed by atoms with van der Waals surface area (Å²) in [4.78, 5) is 22.5. The summed E-state index contributed by atoms with van der Waals surface area (Å²) >= 11 is 4.56. The molecule has 15 heavy (non-hydrogen) atoms. The summed E-state index contributed by atoms with van der Waals surface area (Å²) in [7, 11) is 0. The maximum absolute atomic E-state index is 11.5. The van der Waals surface area contributed by atoms with Crippen LogP contribution in [0.25, 0.3) is 0 Å². The molecule has 0 aromatic carbocycles. The van der Waals surface area contributed by atoms with E-state index in [1.165, 1.54) is 11.3 Å². The van der Waals surface area contributed by atoms with Gasteiger partial charge in [0.25, 0.3) is 5.91 Å². The Morgan fingerprint density at radius 1 is 1.67 bits per heavy atom. The number of thiophene rings is 1. The Labute approximate surface area is 99.4 Å². The van der Waals surface area contributed by atoms with Gasteiger partial charge >= 0.3 is 5.97 Å². The number of carboxylic acids is 1. The van der Waals surface area contributed by atoms with Crippen molar-refractivity contribution in [3.05, 3.63) is 20.8 Å². The van der Waals surface area contributed by atoms with Crippen LogP contribution in [0.15, 0.2) is 15.9 Å². The first-order chi connectivity index (χ1) is 6.99. The lowest BCUT2D eigenvalue weighted by molar-refractivity contribution is -0.137. The molecular formula is C9H10BrNO3S. The zero-order valence-electron chi connectivity index (χ0n) is 7.99. The normalized spacial score (nSPS) is 12.1. The molecule has 1 atom stereocenters. The Hall–Kier alpha value is -0.880. The van der Waals surface area contributed by atoms with Crippen molar-refractivity contribution < 1.29 is 14.7 Å². The Morgan fingerprint density at radius 3 is 2.80 bits per heavy atom. The van der Waals surface area contributed by atoms with Crippen molar-refractivity contribution in [1.29, 1.82) is 0 Å². The molecule has 0 aliphatic carbocycles. The van der Waals surface area contributed by atoms with Gasteiger partial charge in [-0.05, 0) is 28.9 Å². The molecule has 4 nitrogen and oxygen atoms in total. The highest BCUT2D eigenvalue weighted by molar-refractivity contribution is 9.10. The summed E-state index contributed by atoms with van der Waals surface area (Å²) < 4.78 is 0.850. The lowest BCUT2D eigenvalue weighted by atomic mass is 10.2. The van der Waals surface area contributed by atoms with Gasteiger partial charge in [-0.15, -0.1) is 11.3 Å². The van der Waals surface area contributed by atoms with Crippen LogP contribution >= 0.6 is 27.3 Å². The van der Waals surface area contributed by atoms with Gasteiger partial charge in [0.2, 0.25) is 0 Å². The molecule has 0 spiro atoms. The van der Waals surface area contributed by atoms with E-state index in [4.69, 9.17) is 5.11 Å². The summed E-state index contributed by atoms with van der Waals surface area (Å²) in [6.07, 6.45) is -0.0711. The van der Waals surface area contributed by atoms with Crippen molar-refractivity contribution >= 4 is 39.1 Å². The lowest BCUT2D eigenvalue weighted by Crippen LogP contribution is -2.33. The number of carbonyl (C=O) groups excluding carboxylic acids is 1. The van der Waals surface area contributed by atoms with Crippen LogP contribution in [0.2, 0.25) is 0 Å². The molecule has 1 amide bonds. The average molecular weight is 292 g/mol. The molecule has 6 heteroatoms. The van der Waals surface area contributed by atoms with E-state index in [0.717, 1.165) is 4.47 Å². The SMILES string of the molecule is CC(CC(=O)O)NC(=O)c1cc(Br)cs1. The second-order valence-electron chi connectivity index (χ2n) is 3.10. The number of halogens is 1. The van der Waals surface area contributed by atoms with E-state index < -0.39 is 5.97 Å². The summed E-state index contributed by atoms with van der Waals surface area (Å²) in [5.74, 6) is -1.16. The highest BCUT2D eigenvalue weighted by Gasteiger charge is 2.13. The van der Waals surface area contributed by atoms with Crippen molar-refractivity contribution in [2.24, 2.45) is 0 Å². The van der Waals surface area contributed by atoms with Crippen LogP contribution in [0.3, 0.4) is 0 Å². The number of hydrogen-bond acceptors (Lipinski definition) is 3. The van der Waals surface area contributed by atoms with E-state index in [1.807, 2.05) is 0 Å². The van der Waals surface area contributed by atoms with Crippen molar-refractivity contribution in [2.75, 3.05) is 0 Å². The van der Waals surface area contributed by atoms with Gasteiger partial charge in [-0.25, -0.2) is 0 Å². The standard InChI is InChI=1S/C9H10BrNO3S/c1-5(2-8(12)13)11-9(14)7-3-6(10)4-15-7/h3-5H,2H2,1H3,(H,11,14)(H,12,13). The van der Waals surface area contributed by atoms with Crippen molar-refractivity contribution in [2.45, 2.75) is 19.4 Å². The first-order valence-electron chi connectivity index (χ1n) is 4.25. The summed E-state index contributed by atoms with van der Waals surface area (Å²) in [5, 5.41) is 12.9. The molecule has 1 unspecified atom stereocenters. The third-order valence-corrected chi connectivity index (χ3v) is 3.34. The predicted octanol–water partition coefficient (Wildman–Crippen LogP) is 2.10. The number of rotatable bonds is 4. The van der Waals surface area contributed by atoms with Crippen LogP contribution < -0.4 is 5.32 Å². The minimum absolute atomic E-state index is 0.0711. The molecule has 0 bridgehead atoms. The fraction of sp³-hybridized carbons (Fsp3) is 0.333. The minimum atomic E-state index is -0.921. The Kier molecular flexibility index (Phi) is 4.28. The maximum Gasteiger partial charge on any atom is 0.305 e. The first-order valence-corrected chi connectivity index (χ1v) is 5.93. The molecule has 2 N–H and O–H groups in total. The van der Waals surface area contributed by atoms with Crippen LogP contribution in [0.4, 0.5) is 0 Å². The lowest BCUT2D eigenvalue weighted by Gasteiger charge is -2.09. The number of carbonyl (C=O) groups is 2. The Morgan fingerprint density at radius 2 is 2.33 bits per heavy atom. The maximum atomic E-state index is 11.5. The number of amides is 1. The number of carboxylic acid groups (broad SMARTS) is 1. The molecule has 0 fully saturated rings. The highest BCUT2D eigenvalue weighted by atomic mass is 79.9. The molecular weight excluding hydrogens is 282 g/mol. The molecule has 82 valence electrons. The summed E-state index contributed by atoms with van der Waals surface area (Å²) in [5.41, 5.74) is 0. The average Bonchev–Trinajstić information content (AvgIpc) is 2.49. The molecule has 0 aliphatic rings. The molecule has 0 aliphatic heterocycles. The largest absolute Gasteiger partial charge is 0.481 e. The Bertz CT molecular complexity index is 377. The van der Waals surface area contributed by atoms with E-state index in [9.17, 15) is 9.59 Å². The third kappa shape index (κ3) is 4.01. The molecule has 1 heterocycles. The van der Waals surface area contributed by atoms with Crippen molar-refractivity contribution in [3.63, 3.8) is 0 Å². The smallest absolute Gasteiger partial charge is 0.305 e. The van der Waals surface area contributed by atoms with Gasteiger partial charge in [0.05, 0.1) is 11.3 Å². The molecule has 1 aromatic heterocycles. The molecule has 0 saturated carbocycles. The van der Waals surface area contributed by atoms with Gasteiger partial charge in [0, 0.05) is 15.9 Å². The zero-order chi connectivity index (χ0) is 11.4. The van der Waals surface area contributed by atoms with Crippen LogP contribution in [0, 0.1) is 0 Å². The topological polar surface area (TPSA) is 66.4 Å². The fourth-order valence-corrected chi connectivity index (χ4v) is 2.37. The van der Waals surface area contributed by atoms with Crippen molar-refractivity contribution in [1.82, 2.24) is 5.32 Å². The van der Waals surface area contributed by atoms with Crippen LogP contribution in [-0.4, -0.2) is 23.0 Å². The summed E-state index contributed by atoms with van der Waals surface area (Å²) in [6, 6.07) is 1.34. The van der Waals surface area contributed by atoms with Crippen LogP contribution in [0.1, 0.15) is 23.0 Å². The minimum Gasteiger partial charge on any atom is -0.481 e. The predicted molar refractivity (Wildman–Crippen MR) is 61.2 cm³/mol. The van der Waals surface area contributed by atoms with Crippen molar-refractivity contribution in [3.8, 4) is 0 Å². The number of hydrogen-bond donors (Lipinski definition) is 2. The quantitative estimate of drug-likeness (QED) is 0.893. The molecule has 1 aromatic rings. The Balaban J connectivity index is 2.52. The van der Waals surface area contributed by atoms with E-state index in [1.54, 1.807) is 18.4 Å². The van der Waals surface area contributed by atoms with Gasteiger partial charge in [-0.1, -0.05) is 0 Å². The van der Waals surface area contributed by atoms with E-state index >= 15 is 0 Å². The van der Waals surface area contributed by atoms with Crippen LogP contribution in [-0.2, 0) is 4.79 Å². The summed E-state index contributed by atoms with van der Waals surface area (Å²) in [6.45, 7) is 1.66. The van der Waals surface area contributed by atoms with Gasteiger partial charge in [0.1, 0.15) is 0 Å². The van der Waals surface area contributed by atoms with Crippen LogP contribution in [0.5, 0.6) is 0 Å². The number of aliphatic carboxylic acids is 1. The monoisotopic (exact) mass is 291 g/mol. The number of nitrogens with one attached hydrogen (secondary N) is 1. The second kappa shape index (κ2) is 5.27. The van der Waals surface area contributed by atoms with E-state index in [2.05, 4.69) is 21.2 Å². The van der Waals surface area contributed by atoms with Gasteiger partial charge in [0.15, 0.2) is 0 Å². The molecule has 0 saturated heterocycles. The molecule has 0 radical (unpaired) electrons. The molecule has 1 rings (SSSR count). The third-order valence-electron chi connectivity index (χ3n) is 1.65. The van der Waals surface area contributed by atoms with Gasteiger partial charge in [-0.2, -0.15) is 0 Å². The highest BCUT2D eigenvalue weighted by Crippen LogP contribution is 2.19. The van der Waals surface area contributed by atoms with Gasteiger partial charge < -0.3 is 10.4 Å². The second-order valence-corrected chi connectivity index (χ2v) is 4.93.